The van der Waals surface area contributed by atoms with Crippen LogP contribution in [0.15, 0.2) is 5.16 Å². The Morgan fingerprint density at radius 2 is 2.35 bits per heavy atom. The second-order valence-electron chi connectivity index (χ2n) is 4.64. The molecule has 0 aromatic heterocycles. The number of nitrogens with two attached hydrogens (primary N) is 1. The van der Waals surface area contributed by atoms with Gasteiger partial charge >= 0.3 is 0 Å². The number of hydrogen-bond donors (Lipinski definition) is 2. The molecule has 3 N–H and O–H groups in total. The van der Waals surface area contributed by atoms with Crippen molar-refractivity contribution in [1.29, 1.82) is 0 Å². The van der Waals surface area contributed by atoms with E-state index in [4.69, 9.17) is 15.7 Å². The first-order valence-electron chi connectivity index (χ1n) is 6.56. The number of amidine groups is 1. The summed E-state index contributed by atoms with van der Waals surface area (Å²) >= 11 is 0. The first-order chi connectivity index (χ1) is 8.26. The molecule has 0 amide bonds. The minimum atomic E-state index is 0.288. The number of oxime groups is 1. The van der Waals surface area contributed by atoms with Crippen LogP contribution in [-0.4, -0.2) is 48.3 Å². The molecule has 1 atom stereocenters. The van der Waals surface area contributed by atoms with Crippen molar-refractivity contribution >= 4 is 5.84 Å². The lowest BCUT2D eigenvalue weighted by atomic mass is 10.1. The predicted octanol–water partition coefficient (Wildman–Crippen LogP) is 1.40. The third kappa shape index (κ3) is 5.89. The number of nitrogens with zero attached hydrogens (tertiary/aromatic N) is 2. The van der Waals surface area contributed by atoms with E-state index in [1.807, 2.05) is 0 Å². The highest BCUT2D eigenvalue weighted by Crippen LogP contribution is 2.16. The Hall–Kier alpha value is -0.810. The van der Waals surface area contributed by atoms with E-state index in [-0.39, 0.29) is 5.84 Å². The quantitative estimate of drug-likeness (QED) is 0.292. The highest BCUT2D eigenvalue weighted by molar-refractivity contribution is 5.81. The van der Waals surface area contributed by atoms with Gasteiger partial charge in [0.05, 0.1) is 12.6 Å². The van der Waals surface area contributed by atoms with Gasteiger partial charge in [-0.05, 0) is 45.2 Å². The van der Waals surface area contributed by atoms with Crippen LogP contribution < -0.4 is 5.73 Å². The summed E-state index contributed by atoms with van der Waals surface area (Å²) in [6, 6.07) is 0. The van der Waals surface area contributed by atoms with Crippen molar-refractivity contribution in [1.82, 2.24) is 4.90 Å². The van der Waals surface area contributed by atoms with E-state index in [1.165, 1.54) is 12.8 Å². The van der Waals surface area contributed by atoms with Crippen molar-refractivity contribution in [2.45, 2.75) is 45.1 Å². The lowest BCUT2D eigenvalue weighted by Crippen LogP contribution is -2.35. The van der Waals surface area contributed by atoms with Crippen LogP contribution in [0.2, 0.25) is 0 Å². The molecule has 0 spiro atoms. The first kappa shape index (κ1) is 14.3. The molecule has 1 fully saturated rings. The zero-order valence-corrected chi connectivity index (χ0v) is 10.8. The number of ether oxygens (including phenoxy) is 1. The van der Waals surface area contributed by atoms with Crippen molar-refractivity contribution in [3.8, 4) is 0 Å². The summed E-state index contributed by atoms with van der Waals surface area (Å²) in [6.45, 7) is 5.59. The summed E-state index contributed by atoms with van der Waals surface area (Å²) in [5.41, 5.74) is 5.53. The van der Waals surface area contributed by atoms with Gasteiger partial charge in [0.25, 0.3) is 0 Å². The molecule has 0 aliphatic carbocycles. The molecule has 0 aromatic rings. The Morgan fingerprint density at radius 3 is 2.94 bits per heavy atom. The highest BCUT2D eigenvalue weighted by Gasteiger charge is 2.15. The van der Waals surface area contributed by atoms with E-state index in [1.54, 1.807) is 0 Å². The van der Waals surface area contributed by atoms with Gasteiger partial charge in [0.2, 0.25) is 0 Å². The van der Waals surface area contributed by atoms with Crippen LogP contribution in [0.4, 0.5) is 0 Å². The molecule has 1 rings (SSSR count). The minimum absolute atomic E-state index is 0.288. The van der Waals surface area contributed by atoms with Crippen LogP contribution >= 0.6 is 0 Å². The molecule has 0 saturated carbocycles. The molecule has 5 nitrogen and oxygen atoms in total. The van der Waals surface area contributed by atoms with Crippen molar-refractivity contribution in [2.24, 2.45) is 10.9 Å². The van der Waals surface area contributed by atoms with Gasteiger partial charge in [-0.15, -0.1) is 0 Å². The van der Waals surface area contributed by atoms with Gasteiger partial charge in [-0.25, -0.2) is 0 Å². The summed E-state index contributed by atoms with van der Waals surface area (Å²) in [5.74, 6) is 0.288. The molecule has 1 aliphatic heterocycles. The predicted molar refractivity (Wildman–Crippen MR) is 68.3 cm³/mol. The summed E-state index contributed by atoms with van der Waals surface area (Å²) in [6.07, 6.45) is 6.18. The van der Waals surface area contributed by atoms with Crippen molar-refractivity contribution < 1.29 is 9.94 Å². The van der Waals surface area contributed by atoms with Gasteiger partial charge in [-0.1, -0.05) is 12.1 Å². The minimum Gasteiger partial charge on any atom is -0.409 e. The average molecular weight is 243 g/mol. The summed E-state index contributed by atoms with van der Waals surface area (Å²) in [5, 5.41) is 11.6. The molecule has 0 bridgehead atoms. The fourth-order valence-corrected chi connectivity index (χ4v) is 2.26. The Kier molecular flexibility index (Phi) is 6.96. The topological polar surface area (TPSA) is 71.1 Å². The van der Waals surface area contributed by atoms with Gasteiger partial charge < -0.3 is 15.7 Å². The fraction of sp³-hybridized carbons (Fsp3) is 0.917. The molecule has 0 radical (unpaired) electrons. The summed E-state index contributed by atoms with van der Waals surface area (Å²) < 4.78 is 5.59. The third-order valence-electron chi connectivity index (χ3n) is 3.08. The molecule has 1 saturated heterocycles. The van der Waals surface area contributed by atoms with Gasteiger partial charge in [0.1, 0.15) is 0 Å². The van der Waals surface area contributed by atoms with Gasteiger partial charge in [0.15, 0.2) is 5.84 Å². The molecular formula is C12H25N3O2. The average Bonchev–Trinajstić information content (AvgIpc) is 2.82. The SMILES string of the molecule is CCCN(CCCC1CCCO1)C/C(N)=N/O. The zero-order chi connectivity index (χ0) is 12.5. The fourth-order valence-electron chi connectivity index (χ4n) is 2.26. The van der Waals surface area contributed by atoms with Crippen molar-refractivity contribution in [3.05, 3.63) is 0 Å². The largest absolute Gasteiger partial charge is 0.409 e. The summed E-state index contributed by atoms with van der Waals surface area (Å²) in [4.78, 5) is 2.23. The smallest absolute Gasteiger partial charge is 0.153 e. The number of rotatable bonds is 8. The van der Waals surface area contributed by atoms with E-state index < -0.39 is 0 Å². The Balaban J connectivity index is 2.18. The third-order valence-corrected chi connectivity index (χ3v) is 3.08. The Bertz CT molecular complexity index is 228. The van der Waals surface area contributed by atoms with E-state index in [2.05, 4.69) is 17.0 Å². The zero-order valence-electron chi connectivity index (χ0n) is 10.8. The van der Waals surface area contributed by atoms with Crippen LogP contribution in [-0.2, 0) is 4.74 Å². The van der Waals surface area contributed by atoms with E-state index in [0.29, 0.717) is 12.6 Å². The molecule has 17 heavy (non-hydrogen) atoms. The molecule has 1 heterocycles. The lowest BCUT2D eigenvalue weighted by Gasteiger charge is -2.21. The van der Waals surface area contributed by atoms with Crippen LogP contribution in [0.3, 0.4) is 0 Å². The van der Waals surface area contributed by atoms with E-state index in [9.17, 15) is 0 Å². The number of hydrogen-bond acceptors (Lipinski definition) is 4. The lowest BCUT2D eigenvalue weighted by molar-refractivity contribution is 0.0993. The molecule has 5 heteroatoms. The van der Waals surface area contributed by atoms with Crippen LogP contribution in [0, 0.1) is 0 Å². The molecule has 1 aliphatic rings. The summed E-state index contributed by atoms with van der Waals surface area (Å²) in [7, 11) is 0. The second-order valence-corrected chi connectivity index (χ2v) is 4.64. The molecule has 1 unspecified atom stereocenters. The second kappa shape index (κ2) is 8.31. The maximum absolute atomic E-state index is 8.57. The monoisotopic (exact) mass is 243 g/mol. The first-order valence-corrected chi connectivity index (χ1v) is 6.56. The standard InChI is InChI=1S/C12H25N3O2/c1-2-7-15(10-12(13)14-16)8-3-5-11-6-4-9-17-11/h11,16H,2-10H2,1H3,(H2,13,14). The van der Waals surface area contributed by atoms with Crippen LogP contribution in [0.25, 0.3) is 0 Å². The molecule has 100 valence electrons. The molecule has 0 aromatic carbocycles. The van der Waals surface area contributed by atoms with Gasteiger partial charge in [0, 0.05) is 6.61 Å². The Labute approximate surface area is 104 Å². The maximum atomic E-state index is 8.57. The van der Waals surface area contributed by atoms with E-state index >= 15 is 0 Å². The van der Waals surface area contributed by atoms with E-state index in [0.717, 1.165) is 39.0 Å². The van der Waals surface area contributed by atoms with Crippen molar-refractivity contribution in [2.75, 3.05) is 26.2 Å². The van der Waals surface area contributed by atoms with Gasteiger partial charge in [-0.2, -0.15) is 0 Å². The molecular weight excluding hydrogens is 218 g/mol. The van der Waals surface area contributed by atoms with Gasteiger partial charge in [-0.3, -0.25) is 4.90 Å². The normalized spacial score (nSPS) is 21.3. The maximum Gasteiger partial charge on any atom is 0.153 e. The highest BCUT2D eigenvalue weighted by atomic mass is 16.5. The van der Waals surface area contributed by atoms with Crippen molar-refractivity contribution in [3.63, 3.8) is 0 Å². The Morgan fingerprint density at radius 1 is 1.53 bits per heavy atom. The van der Waals surface area contributed by atoms with Crippen LogP contribution in [0.5, 0.6) is 0 Å². The van der Waals surface area contributed by atoms with Crippen LogP contribution in [0.1, 0.15) is 39.0 Å².